The summed E-state index contributed by atoms with van der Waals surface area (Å²) < 4.78 is 31.0. The van der Waals surface area contributed by atoms with Crippen LogP contribution in [-0.2, 0) is 0 Å². The molecule has 1 fully saturated rings. The zero-order chi connectivity index (χ0) is 10.2. The van der Waals surface area contributed by atoms with Crippen molar-refractivity contribution in [3.05, 3.63) is 11.8 Å². The first kappa shape index (κ1) is 9.43. The average molecular weight is 202 g/mol. The van der Waals surface area contributed by atoms with Gasteiger partial charge in [-0.05, 0) is 12.8 Å². The van der Waals surface area contributed by atoms with Crippen molar-refractivity contribution in [1.29, 1.82) is 0 Å². The van der Waals surface area contributed by atoms with Gasteiger partial charge >= 0.3 is 0 Å². The Labute approximate surface area is 80.3 Å². The first-order chi connectivity index (χ1) is 6.57. The van der Waals surface area contributed by atoms with Gasteiger partial charge in [-0.15, -0.1) is 0 Å². The minimum Gasteiger partial charge on any atom is -0.381 e. The van der Waals surface area contributed by atoms with Crippen molar-refractivity contribution in [3.8, 4) is 0 Å². The van der Waals surface area contributed by atoms with Gasteiger partial charge in [-0.2, -0.15) is 0 Å². The van der Waals surface area contributed by atoms with Gasteiger partial charge < -0.3 is 10.3 Å². The third-order valence-corrected chi connectivity index (χ3v) is 2.59. The SMILES string of the molecule is Nc1cc(C2CCCC(F)(F)C2)on1. The average Bonchev–Trinajstić information content (AvgIpc) is 2.50. The van der Waals surface area contributed by atoms with Crippen LogP contribution in [0.15, 0.2) is 10.6 Å². The molecule has 0 aliphatic heterocycles. The number of hydrogen-bond donors (Lipinski definition) is 1. The van der Waals surface area contributed by atoms with Gasteiger partial charge in [-0.1, -0.05) is 5.16 Å². The minimum atomic E-state index is -2.57. The largest absolute Gasteiger partial charge is 0.381 e. The molecule has 1 aromatic heterocycles. The molecule has 78 valence electrons. The lowest BCUT2D eigenvalue weighted by Crippen LogP contribution is -2.24. The van der Waals surface area contributed by atoms with Crippen LogP contribution in [0.25, 0.3) is 0 Å². The second-order valence-electron chi connectivity index (χ2n) is 3.80. The molecule has 2 N–H and O–H groups in total. The molecule has 1 heterocycles. The lowest BCUT2D eigenvalue weighted by atomic mass is 9.85. The fraction of sp³-hybridized carbons (Fsp3) is 0.667. The van der Waals surface area contributed by atoms with E-state index in [4.69, 9.17) is 10.3 Å². The molecule has 14 heavy (non-hydrogen) atoms. The van der Waals surface area contributed by atoms with E-state index in [1.54, 1.807) is 0 Å². The van der Waals surface area contributed by atoms with Gasteiger partial charge in [-0.3, -0.25) is 0 Å². The number of hydrogen-bond acceptors (Lipinski definition) is 3. The number of nitrogens with two attached hydrogens (primary N) is 1. The Morgan fingerprint density at radius 2 is 2.36 bits per heavy atom. The van der Waals surface area contributed by atoms with Crippen LogP contribution in [0.1, 0.15) is 37.4 Å². The van der Waals surface area contributed by atoms with E-state index in [-0.39, 0.29) is 24.6 Å². The Bertz CT molecular complexity index is 324. The summed E-state index contributed by atoms with van der Waals surface area (Å²) >= 11 is 0. The van der Waals surface area contributed by atoms with E-state index in [1.165, 1.54) is 6.07 Å². The molecule has 1 aliphatic carbocycles. The predicted octanol–water partition coefficient (Wildman–Crippen LogP) is 2.55. The molecule has 1 aromatic rings. The summed E-state index contributed by atoms with van der Waals surface area (Å²) in [5.74, 6) is -2.05. The summed E-state index contributed by atoms with van der Waals surface area (Å²) in [4.78, 5) is 0. The maximum absolute atomic E-state index is 13.1. The molecule has 1 atom stereocenters. The fourth-order valence-electron chi connectivity index (χ4n) is 1.91. The summed E-state index contributed by atoms with van der Waals surface area (Å²) in [5.41, 5.74) is 5.36. The molecular weight excluding hydrogens is 190 g/mol. The summed E-state index contributed by atoms with van der Waals surface area (Å²) in [6, 6.07) is 1.53. The highest BCUT2D eigenvalue weighted by atomic mass is 19.3. The monoisotopic (exact) mass is 202 g/mol. The molecule has 2 rings (SSSR count). The molecule has 1 aliphatic rings. The first-order valence-corrected chi connectivity index (χ1v) is 4.67. The Hall–Kier alpha value is -1.13. The summed E-state index contributed by atoms with van der Waals surface area (Å²) in [6.45, 7) is 0. The second kappa shape index (κ2) is 3.22. The number of anilines is 1. The second-order valence-corrected chi connectivity index (χ2v) is 3.80. The molecule has 1 unspecified atom stereocenters. The lowest BCUT2D eigenvalue weighted by molar-refractivity contribution is -0.0434. The Morgan fingerprint density at radius 3 is 2.93 bits per heavy atom. The van der Waals surface area contributed by atoms with E-state index in [9.17, 15) is 8.78 Å². The number of rotatable bonds is 1. The predicted molar refractivity (Wildman–Crippen MR) is 47.1 cm³/mol. The Kier molecular flexibility index (Phi) is 2.17. The van der Waals surface area contributed by atoms with Gasteiger partial charge in [0.2, 0.25) is 5.92 Å². The van der Waals surface area contributed by atoms with Gasteiger partial charge in [0.25, 0.3) is 0 Å². The molecule has 3 nitrogen and oxygen atoms in total. The molecular formula is C9H12F2N2O. The van der Waals surface area contributed by atoms with Crippen molar-refractivity contribution < 1.29 is 13.3 Å². The summed E-state index contributed by atoms with van der Waals surface area (Å²) in [5, 5.41) is 3.50. The number of nitrogens with zero attached hydrogens (tertiary/aromatic N) is 1. The molecule has 0 saturated heterocycles. The van der Waals surface area contributed by atoms with E-state index in [1.807, 2.05) is 0 Å². The van der Waals surface area contributed by atoms with Gasteiger partial charge in [0.1, 0.15) is 5.76 Å². The van der Waals surface area contributed by atoms with Gasteiger partial charge in [-0.25, -0.2) is 8.78 Å². The van der Waals surface area contributed by atoms with Crippen molar-refractivity contribution in [1.82, 2.24) is 5.16 Å². The van der Waals surface area contributed by atoms with Gasteiger partial charge in [0.15, 0.2) is 5.82 Å². The third-order valence-electron chi connectivity index (χ3n) is 2.59. The highest BCUT2D eigenvalue weighted by Crippen LogP contribution is 2.41. The quantitative estimate of drug-likeness (QED) is 0.761. The molecule has 0 spiro atoms. The Morgan fingerprint density at radius 1 is 1.57 bits per heavy atom. The van der Waals surface area contributed by atoms with Crippen molar-refractivity contribution in [3.63, 3.8) is 0 Å². The minimum absolute atomic E-state index is 0.0207. The van der Waals surface area contributed by atoms with Gasteiger partial charge in [0, 0.05) is 24.8 Å². The van der Waals surface area contributed by atoms with Crippen LogP contribution < -0.4 is 5.73 Å². The molecule has 0 bridgehead atoms. The zero-order valence-electron chi connectivity index (χ0n) is 7.67. The van der Waals surface area contributed by atoms with Crippen LogP contribution in [0.4, 0.5) is 14.6 Å². The highest BCUT2D eigenvalue weighted by molar-refractivity contribution is 5.28. The third kappa shape index (κ3) is 1.86. The number of nitrogen functional groups attached to an aromatic ring is 1. The maximum Gasteiger partial charge on any atom is 0.248 e. The van der Waals surface area contributed by atoms with Crippen molar-refractivity contribution >= 4 is 5.82 Å². The van der Waals surface area contributed by atoms with E-state index in [0.717, 1.165) is 6.42 Å². The van der Waals surface area contributed by atoms with Crippen LogP contribution >= 0.6 is 0 Å². The van der Waals surface area contributed by atoms with Crippen LogP contribution in [0.3, 0.4) is 0 Å². The summed E-state index contributed by atoms with van der Waals surface area (Å²) in [6.07, 6.45) is 1.08. The van der Waals surface area contributed by atoms with E-state index >= 15 is 0 Å². The number of alkyl halides is 2. The van der Waals surface area contributed by atoms with Crippen molar-refractivity contribution in [2.24, 2.45) is 0 Å². The Balaban J connectivity index is 2.12. The van der Waals surface area contributed by atoms with Crippen LogP contribution in [0.2, 0.25) is 0 Å². The number of aromatic nitrogens is 1. The molecule has 0 radical (unpaired) electrons. The van der Waals surface area contributed by atoms with Crippen LogP contribution in [0, 0.1) is 0 Å². The van der Waals surface area contributed by atoms with Crippen molar-refractivity contribution in [2.45, 2.75) is 37.5 Å². The first-order valence-electron chi connectivity index (χ1n) is 4.67. The molecule has 0 amide bonds. The molecule has 1 saturated carbocycles. The topological polar surface area (TPSA) is 52.0 Å². The van der Waals surface area contributed by atoms with Crippen molar-refractivity contribution in [2.75, 3.05) is 5.73 Å². The van der Waals surface area contributed by atoms with E-state index in [0.29, 0.717) is 12.2 Å². The standard InChI is InChI=1S/C9H12F2N2O/c10-9(11)3-1-2-6(5-9)7-4-8(12)13-14-7/h4,6H,1-3,5H2,(H2,12,13). The smallest absolute Gasteiger partial charge is 0.248 e. The fourth-order valence-corrected chi connectivity index (χ4v) is 1.91. The van der Waals surface area contributed by atoms with E-state index < -0.39 is 5.92 Å². The number of halogens is 2. The normalized spacial score (nSPS) is 26.3. The maximum atomic E-state index is 13.1. The zero-order valence-corrected chi connectivity index (χ0v) is 7.67. The van der Waals surface area contributed by atoms with Gasteiger partial charge in [0.05, 0.1) is 0 Å². The molecule has 5 heteroatoms. The van der Waals surface area contributed by atoms with Crippen LogP contribution in [-0.4, -0.2) is 11.1 Å². The molecule has 0 aromatic carbocycles. The van der Waals surface area contributed by atoms with E-state index in [2.05, 4.69) is 5.16 Å². The van der Waals surface area contributed by atoms with Crippen LogP contribution in [0.5, 0.6) is 0 Å². The lowest BCUT2D eigenvalue weighted by Gasteiger charge is -2.26. The highest BCUT2D eigenvalue weighted by Gasteiger charge is 2.38. The summed E-state index contributed by atoms with van der Waals surface area (Å²) in [7, 11) is 0.